The van der Waals surface area contributed by atoms with E-state index in [1.807, 2.05) is 0 Å². The lowest BCUT2D eigenvalue weighted by atomic mass is 10.2. The van der Waals surface area contributed by atoms with Crippen LogP contribution in [0.2, 0.25) is 0 Å². The zero-order valence-electron chi connectivity index (χ0n) is 17.0. The van der Waals surface area contributed by atoms with E-state index in [-0.39, 0.29) is 23.4 Å². The summed E-state index contributed by atoms with van der Waals surface area (Å²) in [5.41, 5.74) is 2.13. The van der Waals surface area contributed by atoms with Gasteiger partial charge in [-0.15, -0.1) is 11.8 Å². The smallest absolute Gasteiger partial charge is 0.292 e. The Bertz CT molecular complexity index is 1080. The maximum atomic E-state index is 13.1. The molecule has 4 rings (SSSR count). The lowest BCUT2D eigenvalue weighted by molar-refractivity contribution is 0.0510. The predicted octanol–water partition coefficient (Wildman–Crippen LogP) is 3.41. The number of aromatic nitrogens is 2. The van der Waals surface area contributed by atoms with Gasteiger partial charge in [0.25, 0.3) is 11.8 Å². The molecular formula is C22H21FN4O3S. The number of pyridine rings is 1. The Hall–Kier alpha value is -3.20. The third kappa shape index (κ3) is 4.93. The van der Waals surface area contributed by atoms with Crippen molar-refractivity contribution in [1.29, 1.82) is 0 Å². The van der Waals surface area contributed by atoms with Crippen LogP contribution in [0, 0.1) is 12.7 Å². The zero-order chi connectivity index (χ0) is 21.8. The summed E-state index contributed by atoms with van der Waals surface area (Å²) in [5.74, 6) is 0.181. The molecule has 160 valence electrons. The first-order valence-electron chi connectivity index (χ1n) is 9.85. The number of hydrogen-bond acceptors (Lipinski definition) is 6. The minimum absolute atomic E-state index is 0.114. The van der Waals surface area contributed by atoms with Gasteiger partial charge in [-0.2, -0.15) is 0 Å². The monoisotopic (exact) mass is 440 g/mol. The highest BCUT2D eigenvalue weighted by atomic mass is 32.2. The SMILES string of the molecule is Cc1cc(C(=O)N2CCN(C(=O)c3cccnc3SCc3ccc(F)cc3)CC2)on1. The van der Waals surface area contributed by atoms with E-state index in [1.54, 1.807) is 53.3 Å². The number of rotatable bonds is 5. The van der Waals surface area contributed by atoms with Gasteiger partial charge in [-0.1, -0.05) is 17.3 Å². The van der Waals surface area contributed by atoms with E-state index in [9.17, 15) is 14.0 Å². The molecule has 1 fully saturated rings. The summed E-state index contributed by atoms with van der Waals surface area (Å²) in [4.78, 5) is 33.4. The predicted molar refractivity (Wildman–Crippen MR) is 113 cm³/mol. The second kappa shape index (κ2) is 9.30. The molecule has 0 radical (unpaired) electrons. The summed E-state index contributed by atoms with van der Waals surface area (Å²) in [6, 6.07) is 11.4. The zero-order valence-corrected chi connectivity index (χ0v) is 17.8. The highest BCUT2D eigenvalue weighted by molar-refractivity contribution is 7.98. The van der Waals surface area contributed by atoms with Crippen molar-refractivity contribution in [3.05, 3.63) is 77.1 Å². The minimum atomic E-state index is -0.279. The van der Waals surface area contributed by atoms with Crippen LogP contribution in [-0.2, 0) is 5.75 Å². The number of nitrogens with zero attached hydrogens (tertiary/aromatic N) is 4. The summed E-state index contributed by atoms with van der Waals surface area (Å²) in [5, 5.41) is 4.39. The molecule has 0 bridgehead atoms. The van der Waals surface area contributed by atoms with Crippen molar-refractivity contribution in [1.82, 2.24) is 19.9 Å². The topological polar surface area (TPSA) is 79.5 Å². The molecule has 0 spiro atoms. The molecule has 7 nitrogen and oxygen atoms in total. The molecule has 2 amide bonds. The van der Waals surface area contributed by atoms with Crippen LogP contribution < -0.4 is 0 Å². The lowest BCUT2D eigenvalue weighted by Crippen LogP contribution is -2.50. The number of benzene rings is 1. The van der Waals surface area contributed by atoms with Gasteiger partial charge in [0.2, 0.25) is 5.76 Å². The number of piperazine rings is 1. The maximum absolute atomic E-state index is 13.1. The number of amides is 2. The number of carbonyl (C=O) groups excluding carboxylic acids is 2. The first kappa shape index (κ1) is 21.0. The second-order valence-corrected chi connectivity index (χ2v) is 8.15. The molecule has 0 unspecified atom stereocenters. The average molecular weight is 441 g/mol. The van der Waals surface area contributed by atoms with Crippen molar-refractivity contribution in [2.45, 2.75) is 17.7 Å². The summed E-state index contributed by atoms with van der Waals surface area (Å²) in [7, 11) is 0. The first-order valence-corrected chi connectivity index (χ1v) is 10.8. The molecule has 2 aromatic heterocycles. The summed E-state index contributed by atoms with van der Waals surface area (Å²) in [6.07, 6.45) is 1.65. The van der Waals surface area contributed by atoms with Crippen LogP contribution in [0.3, 0.4) is 0 Å². The third-order valence-corrected chi connectivity index (χ3v) is 6.06. The molecule has 31 heavy (non-hydrogen) atoms. The highest BCUT2D eigenvalue weighted by Gasteiger charge is 2.28. The molecule has 0 saturated carbocycles. The van der Waals surface area contributed by atoms with Crippen molar-refractivity contribution in [3.8, 4) is 0 Å². The number of halogens is 1. The standard InChI is InChI=1S/C22H21FN4O3S/c1-15-13-19(30-25-15)22(29)27-11-9-26(10-12-27)21(28)18-3-2-8-24-20(18)31-14-16-4-6-17(23)7-5-16/h2-8,13H,9-12,14H2,1H3. The molecule has 0 N–H and O–H groups in total. The van der Waals surface area contributed by atoms with Crippen molar-refractivity contribution in [3.63, 3.8) is 0 Å². The average Bonchev–Trinajstić information content (AvgIpc) is 3.24. The normalized spacial score (nSPS) is 14.0. The van der Waals surface area contributed by atoms with E-state index < -0.39 is 0 Å². The quantitative estimate of drug-likeness (QED) is 0.566. The van der Waals surface area contributed by atoms with Crippen molar-refractivity contribution in [2.75, 3.05) is 26.2 Å². The van der Waals surface area contributed by atoms with Gasteiger partial charge in [0.05, 0.1) is 11.3 Å². The molecule has 1 aliphatic rings. The fourth-order valence-corrected chi connectivity index (χ4v) is 4.25. The van der Waals surface area contributed by atoms with Gasteiger partial charge in [0.15, 0.2) is 0 Å². The van der Waals surface area contributed by atoms with Crippen molar-refractivity contribution in [2.24, 2.45) is 0 Å². The van der Waals surface area contributed by atoms with Crippen molar-refractivity contribution >= 4 is 23.6 Å². The van der Waals surface area contributed by atoms with E-state index in [1.165, 1.54) is 23.9 Å². The molecule has 0 aliphatic carbocycles. The first-order chi connectivity index (χ1) is 15.0. The fraction of sp³-hybridized carbons (Fsp3) is 0.273. The highest BCUT2D eigenvalue weighted by Crippen LogP contribution is 2.25. The van der Waals surface area contributed by atoms with E-state index in [0.717, 1.165) is 5.56 Å². The van der Waals surface area contributed by atoms with Crippen LogP contribution in [0.25, 0.3) is 0 Å². The Morgan fingerprint density at radius 1 is 1.06 bits per heavy atom. The van der Waals surface area contributed by atoms with E-state index >= 15 is 0 Å². The molecule has 3 heterocycles. The van der Waals surface area contributed by atoms with E-state index in [0.29, 0.717) is 48.2 Å². The Kier molecular flexibility index (Phi) is 6.31. The maximum Gasteiger partial charge on any atom is 0.292 e. The van der Waals surface area contributed by atoms with Gasteiger partial charge >= 0.3 is 0 Å². The largest absolute Gasteiger partial charge is 0.351 e. The molecule has 1 aromatic carbocycles. The Morgan fingerprint density at radius 3 is 2.39 bits per heavy atom. The molecule has 1 aliphatic heterocycles. The Labute approximate surface area is 183 Å². The van der Waals surface area contributed by atoms with E-state index in [2.05, 4.69) is 10.1 Å². The summed E-state index contributed by atoms with van der Waals surface area (Å²) in [6.45, 7) is 3.45. The summed E-state index contributed by atoms with van der Waals surface area (Å²) >= 11 is 1.44. The van der Waals surface area contributed by atoms with Crippen LogP contribution >= 0.6 is 11.8 Å². The van der Waals surface area contributed by atoms with Gasteiger partial charge in [-0.25, -0.2) is 9.37 Å². The van der Waals surface area contributed by atoms with Gasteiger partial charge in [0.1, 0.15) is 10.8 Å². The number of carbonyl (C=O) groups is 2. The number of aryl methyl sites for hydroxylation is 1. The van der Waals surface area contributed by atoms with Crippen LogP contribution in [0.5, 0.6) is 0 Å². The fourth-order valence-electron chi connectivity index (χ4n) is 3.30. The lowest BCUT2D eigenvalue weighted by Gasteiger charge is -2.34. The Morgan fingerprint density at radius 2 is 1.74 bits per heavy atom. The Balaban J connectivity index is 1.38. The van der Waals surface area contributed by atoms with Gasteiger partial charge in [0, 0.05) is 44.2 Å². The second-order valence-electron chi connectivity index (χ2n) is 7.19. The molecule has 0 atom stereocenters. The molecule has 3 aromatic rings. The third-order valence-electron chi connectivity index (χ3n) is 4.98. The molecule has 9 heteroatoms. The van der Waals surface area contributed by atoms with E-state index in [4.69, 9.17) is 4.52 Å². The number of hydrogen-bond donors (Lipinski definition) is 0. The van der Waals surface area contributed by atoms with Crippen LogP contribution in [0.4, 0.5) is 4.39 Å². The molecule has 1 saturated heterocycles. The summed E-state index contributed by atoms with van der Waals surface area (Å²) < 4.78 is 18.2. The minimum Gasteiger partial charge on any atom is -0.351 e. The van der Waals surface area contributed by atoms with Gasteiger partial charge < -0.3 is 14.3 Å². The van der Waals surface area contributed by atoms with Crippen molar-refractivity contribution < 1.29 is 18.5 Å². The van der Waals surface area contributed by atoms with Crippen LogP contribution in [0.1, 0.15) is 32.2 Å². The van der Waals surface area contributed by atoms with Gasteiger partial charge in [-0.05, 0) is 36.8 Å². The van der Waals surface area contributed by atoms with Gasteiger partial charge in [-0.3, -0.25) is 9.59 Å². The molecular weight excluding hydrogens is 419 g/mol. The number of thioether (sulfide) groups is 1. The van der Waals surface area contributed by atoms with Crippen LogP contribution in [0.15, 0.2) is 58.2 Å². The van der Waals surface area contributed by atoms with Crippen LogP contribution in [-0.4, -0.2) is 57.9 Å².